The molecule has 6 heteroatoms. The van der Waals surface area contributed by atoms with Gasteiger partial charge in [0.15, 0.2) is 0 Å². The van der Waals surface area contributed by atoms with Gasteiger partial charge in [-0.1, -0.05) is 337 Å². The molecule has 0 bridgehead atoms. The molecule has 2 nitrogen and oxygen atoms in total. The first-order valence-electron chi connectivity index (χ1n) is 31.0. The second-order valence-corrected chi connectivity index (χ2v) is 26.3. The van der Waals surface area contributed by atoms with Gasteiger partial charge < -0.3 is 9.68 Å². The zero-order chi connectivity index (χ0) is 61.6. The van der Waals surface area contributed by atoms with Crippen LogP contribution in [0.2, 0.25) is 0 Å². The standard InChI is InChI=1S/C43H28S.C25H17Br.C18H12BO2S/c1-3-13-29(14-4-1)33-19-11-21-37-38-22-12-20-34(42(38)44-41(33)37)30-25-27-32(28-26-30)43(31-15-5-2-6-16-31)39-23-9-7-17-35(39)36-18-8-10-24-40(36)43;26-20-16-14-19(15-17-20)25(18-8-2-1-3-9-18)23-12-6-4-10-21(23)22-11-5-7-13-24(22)25;20-19-21-16-11-5-10-15-14-9-4-8-13(17(14)22-18(15)16)12-6-2-1-3-7-12/h1-28H;1-17H;1-11,20H. The van der Waals surface area contributed by atoms with Crippen LogP contribution in [0.15, 0.2) is 344 Å². The van der Waals surface area contributed by atoms with Gasteiger partial charge in [0, 0.05) is 40.1 Å². The summed E-state index contributed by atoms with van der Waals surface area (Å²) >= 11 is 7.20. The van der Waals surface area contributed by atoms with E-state index < -0.39 is 0 Å². The Kier molecular flexibility index (Phi) is 15.0. The average molecular weight is 1280 g/mol. The summed E-state index contributed by atoms with van der Waals surface area (Å²) < 4.78 is 11.3. The van der Waals surface area contributed by atoms with Crippen molar-refractivity contribution < 1.29 is 9.68 Å². The summed E-state index contributed by atoms with van der Waals surface area (Å²) in [6.07, 6.45) is 0. The summed E-state index contributed by atoms with van der Waals surface area (Å²) in [5.74, 6) is 0.681. The molecule has 1 N–H and O–H groups in total. The number of rotatable bonds is 9. The molecule has 2 aromatic heterocycles. The van der Waals surface area contributed by atoms with E-state index in [4.69, 9.17) is 9.68 Å². The van der Waals surface area contributed by atoms with Crippen molar-refractivity contribution in [2.75, 3.05) is 0 Å². The molecule has 0 amide bonds. The molecular formula is C86H57BBrO2S2. The molecule has 16 aromatic rings. The van der Waals surface area contributed by atoms with Crippen LogP contribution in [0.3, 0.4) is 0 Å². The second-order valence-electron chi connectivity index (χ2n) is 23.3. The third kappa shape index (κ3) is 9.47. The van der Waals surface area contributed by atoms with Crippen LogP contribution < -0.4 is 4.65 Å². The molecule has 2 aliphatic rings. The van der Waals surface area contributed by atoms with E-state index in [0.717, 1.165) is 22.2 Å². The maximum absolute atomic E-state index is 8.94. The van der Waals surface area contributed by atoms with Crippen LogP contribution in [-0.4, -0.2) is 12.7 Å². The van der Waals surface area contributed by atoms with Crippen molar-refractivity contribution >= 4 is 86.6 Å². The van der Waals surface area contributed by atoms with E-state index in [0.29, 0.717) is 5.75 Å². The van der Waals surface area contributed by atoms with Crippen LogP contribution in [0.4, 0.5) is 0 Å². The molecule has 1 radical (unpaired) electrons. The Morgan fingerprint density at radius 3 is 0.924 bits per heavy atom. The summed E-state index contributed by atoms with van der Waals surface area (Å²) in [6.45, 7) is 0. The largest absolute Gasteiger partial charge is 0.569 e. The van der Waals surface area contributed by atoms with E-state index in [9.17, 15) is 0 Å². The lowest BCUT2D eigenvalue weighted by atomic mass is 9.67. The van der Waals surface area contributed by atoms with E-state index in [2.05, 4.69) is 337 Å². The van der Waals surface area contributed by atoms with Crippen LogP contribution in [0, 0.1) is 0 Å². The molecule has 2 heterocycles. The molecular weight excluding hydrogens is 1220 g/mol. The van der Waals surface area contributed by atoms with Crippen molar-refractivity contribution in [3.63, 3.8) is 0 Å². The van der Waals surface area contributed by atoms with E-state index in [1.165, 1.54) is 130 Å². The van der Waals surface area contributed by atoms with Gasteiger partial charge in [-0.25, -0.2) is 0 Å². The fraction of sp³-hybridized carbons (Fsp3) is 0.0233. The van der Waals surface area contributed by atoms with Crippen molar-refractivity contribution in [3.8, 4) is 61.4 Å². The number of benzene rings is 14. The predicted octanol–water partition coefficient (Wildman–Crippen LogP) is 23.2. The second kappa shape index (κ2) is 24.2. The van der Waals surface area contributed by atoms with E-state index in [1.807, 2.05) is 29.5 Å². The zero-order valence-electron chi connectivity index (χ0n) is 50.0. The van der Waals surface area contributed by atoms with Gasteiger partial charge in [-0.05, 0) is 118 Å². The van der Waals surface area contributed by atoms with Crippen molar-refractivity contribution in [1.82, 2.24) is 0 Å². The number of fused-ring (bicyclic) bond motifs is 12. The highest BCUT2D eigenvalue weighted by molar-refractivity contribution is 9.10. The molecule has 0 aliphatic heterocycles. The SMILES string of the molecule is Brc1ccc(C2(c3ccccc3)c3ccccc3-c3ccccc32)cc1.O[B]Oc1cccc2c1sc1c(-c3ccccc3)cccc12.c1ccc(-c2cccc3c2sc2c(-c4ccc(C5(c6ccccc6)c6ccccc6-c6ccccc65)cc4)cccc23)cc1. The highest BCUT2D eigenvalue weighted by atomic mass is 79.9. The third-order valence-electron chi connectivity index (χ3n) is 18.6. The molecule has 0 unspecified atom stereocenters. The van der Waals surface area contributed by atoms with Gasteiger partial charge >= 0.3 is 7.69 Å². The topological polar surface area (TPSA) is 29.5 Å². The van der Waals surface area contributed by atoms with E-state index in [-0.39, 0.29) is 10.8 Å². The summed E-state index contributed by atoms with van der Waals surface area (Å²) in [6, 6.07) is 122. The minimum Gasteiger partial charge on any atom is -0.536 e. The maximum atomic E-state index is 8.94. The maximum Gasteiger partial charge on any atom is 0.569 e. The number of hydrogen-bond donors (Lipinski definition) is 1. The normalized spacial score (nSPS) is 12.8. The van der Waals surface area contributed by atoms with Gasteiger partial charge in [-0.15, -0.1) is 22.7 Å². The van der Waals surface area contributed by atoms with Crippen molar-refractivity contribution in [2.24, 2.45) is 0 Å². The number of halogens is 1. The molecule has 0 saturated carbocycles. The molecule has 435 valence electrons. The summed E-state index contributed by atoms with van der Waals surface area (Å²) in [4.78, 5) is 0. The molecule has 92 heavy (non-hydrogen) atoms. The summed E-state index contributed by atoms with van der Waals surface area (Å²) in [5, 5.41) is 14.0. The fourth-order valence-electron chi connectivity index (χ4n) is 14.7. The Labute approximate surface area is 553 Å². The van der Waals surface area contributed by atoms with E-state index >= 15 is 0 Å². The molecule has 0 saturated heterocycles. The van der Waals surface area contributed by atoms with Gasteiger partial charge in [-0.2, -0.15) is 0 Å². The lowest BCUT2D eigenvalue weighted by molar-refractivity contribution is 0.457. The molecule has 2 aliphatic carbocycles. The summed E-state index contributed by atoms with van der Waals surface area (Å²) in [5.41, 5.74) is 22.8. The number of hydrogen-bond acceptors (Lipinski definition) is 4. The number of thiophene rings is 2. The van der Waals surface area contributed by atoms with Crippen molar-refractivity contribution in [1.29, 1.82) is 0 Å². The predicted molar refractivity (Wildman–Crippen MR) is 392 cm³/mol. The van der Waals surface area contributed by atoms with Gasteiger partial charge in [0.25, 0.3) is 0 Å². The van der Waals surface area contributed by atoms with Crippen molar-refractivity contribution in [3.05, 3.63) is 389 Å². The van der Waals surface area contributed by atoms with Crippen LogP contribution in [0.1, 0.15) is 44.5 Å². The molecule has 14 aromatic carbocycles. The summed E-state index contributed by atoms with van der Waals surface area (Å²) in [7, 11) is 0.733. The minimum absolute atomic E-state index is 0.283. The Hall–Kier alpha value is -10.2. The highest BCUT2D eigenvalue weighted by Gasteiger charge is 2.47. The molecule has 18 rings (SSSR count). The zero-order valence-corrected chi connectivity index (χ0v) is 53.2. The smallest absolute Gasteiger partial charge is 0.536 e. The Bertz CT molecular complexity index is 5270. The Morgan fingerprint density at radius 2 is 0.543 bits per heavy atom. The van der Waals surface area contributed by atoms with Gasteiger partial charge in [0.2, 0.25) is 0 Å². The Morgan fingerprint density at radius 1 is 0.261 bits per heavy atom. The Balaban J connectivity index is 0.000000119. The first-order chi connectivity index (χ1) is 45.5. The van der Waals surface area contributed by atoms with Crippen molar-refractivity contribution in [2.45, 2.75) is 10.8 Å². The highest BCUT2D eigenvalue weighted by Crippen LogP contribution is 2.58. The lowest BCUT2D eigenvalue weighted by Crippen LogP contribution is -2.28. The van der Waals surface area contributed by atoms with E-state index in [1.54, 1.807) is 11.3 Å². The minimum atomic E-state index is -0.374. The fourth-order valence-corrected chi connectivity index (χ4v) is 17.6. The third-order valence-corrected chi connectivity index (χ3v) is 21.7. The lowest BCUT2D eigenvalue weighted by Gasteiger charge is -2.34. The van der Waals surface area contributed by atoms with Gasteiger partial charge in [0.1, 0.15) is 5.75 Å². The first-order valence-corrected chi connectivity index (χ1v) is 33.5. The molecule has 0 atom stereocenters. The monoisotopic (exact) mass is 1280 g/mol. The molecule has 0 spiro atoms. The van der Waals surface area contributed by atoms with Crippen LogP contribution in [0.5, 0.6) is 5.75 Å². The quantitative estimate of drug-likeness (QED) is 0.146. The van der Waals surface area contributed by atoms with Crippen LogP contribution in [-0.2, 0) is 10.8 Å². The first kappa shape index (κ1) is 57.0. The van der Waals surface area contributed by atoms with Crippen LogP contribution in [0.25, 0.3) is 96.0 Å². The van der Waals surface area contributed by atoms with Crippen LogP contribution >= 0.6 is 38.6 Å². The molecule has 0 fully saturated rings. The van der Waals surface area contributed by atoms with Gasteiger partial charge in [-0.3, -0.25) is 0 Å². The van der Waals surface area contributed by atoms with Gasteiger partial charge in [0.05, 0.1) is 15.5 Å². The average Bonchev–Trinajstić information content (AvgIpc) is 1.54.